The molecule has 0 fully saturated rings. The molecule has 0 heterocycles. The van der Waals surface area contributed by atoms with Crippen LogP contribution in [0.25, 0.3) is 0 Å². The van der Waals surface area contributed by atoms with Crippen LogP contribution in [0, 0.1) is 0 Å². The normalized spacial score (nSPS) is 12.6. The number of nitrogens with one attached hydrogen (secondary N) is 1. The predicted molar refractivity (Wildman–Crippen MR) is 80.6 cm³/mol. The van der Waals surface area contributed by atoms with E-state index < -0.39 is 15.6 Å². The van der Waals surface area contributed by atoms with E-state index >= 15 is 0 Å². The van der Waals surface area contributed by atoms with Crippen LogP contribution in [0.15, 0.2) is 29.2 Å². The topological polar surface area (TPSA) is 46.2 Å². The van der Waals surface area contributed by atoms with Crippen molar-refractivity contribution in [1.82, 2.24) is 4.72 Å². The summed E-state index contributed by atoms with van der Waals surface area (Å²) in [6.45, 7) is 3.76. The molecule has 1 aromatic carbocycles. The Hall–Kier alpha value is -0.290. The summed E-state index contributed by atoms with van der Waals surface area (Å²) in [6.07, 6.45) is 1.97. The second kappa shape index (κ2) is 6.93. The maximum atomic E-state index is 12.2. The van der Waals surface area contributed by atoms with Crippen molar-refractivity contribution in [3.8, 4) is 0 Å². The molecule has 0 amide bonds. The van der Waals surface area contributed by atoms with Gasteiger partial charge in [0.1, 0.15) is 0 Å². The minimum absolute atomic E-state index is 0.115. The van der Waals surface area contributed by atoms with Crippen molar-refractivity contribution >= 4 is 33.2 Å². The Labute approximate surface area is 125 Å². The van der Waals surface area contributed by atoms with Crippen molar-refractivity contribution in [2.24, 2.45) is 0 Å². The molecule has 1 rings (SSSR count). The van der Waals surface area contributed by atoms with Gasteiger partial charge in [0.2, 0.25) is 10.0 Å². The lowest BCUT2D eigenvalue weighted by Crippen LogP contribution is -2.49. The second-order valence-electron chi connectivity index (χ2n) is 4.83. The Kier molecular flexibility index (Phi) is 6.12. The van der Waals surface area contributed by atoms with E-state index in [0.717, 1.165) is 18.4 Å². The van der Waals surface area contributed by atoms with Gasteiger partial charge in [0.05, 0.1) is 10.4 Å². The van der Waals surface area contributed by atoms with Crippen LogP contribution in [-0.2, 0) is 16.4 Å². The summed E-state index contributed by atoms with van der Waals surface area (Å²) in [5.74, 6) is 0.229. The highest BCUT2D eigenvalue weighted by Crippen LogP contribution is 2.17. The summed E-state index contributed by atoms with van der Waals surface area (Å²) in [7, 11) is -3.59. The molecule has 0 saturated carbocycles. The average molecular weight is 324 g/mol. The van der Waals surface area contributed by atoms with Gasteiger partial charge in [0.25, 0.3) is 0 Å². The molecule has 0 aliphatic rings. The van der Waals surface area contributed by atoms with Crippen LogP contribution in [0.4, 0.5) is 0 Å². The molecule has 0 bridgehead atoms. The zero-order valence-electron chi connectivity index (χ0n) is 11.1. The first kappa shape index (κ1) is 16.8. The first-order chi connectivity index (χ1) is 8.87. The largest absolute Gasteiger partial charge is 0.241 e. The number of hydrogen-bond acceptors (Lipinski definition) is 2. The number of hydrogen-bond donors (Lipinski definition) is 1. The predicted octanol–water partition coefficient (Wildman–Crippen LogP) is 3.15. The van der Waals surface area contributed by atoms with Gasteiger partial charge in [-0.15, -0.1) is 23.2 Å². The summed E-state index contributed by atoms with van der Waals surface area (Å²) in [6, 6.07) is 6.88. The van der Waals surface area contributed by atoms with E-state index in [0.29, 0.717) is 0 Å². The van der Waals surface area contributed by atoms with Gasteiger partial charge in [0.15, 0.2) is 0 Å². The van der Waals surface area contributed by atoms with Gasteiger partial charge in [-0.05, 0) is 31.0 Å². The molecule has 0 aliphatic carbocycles. The number of halogens is 2. The molecular formula is C13H19Cl2NO2S. The highest BCUT2D eigenvalue weighted by Gasteiger charge is 2.29. The number of alkyl halides is 2. The van der Waals surface area contributed by atoms with E-state index in [4.69, 9.17) is 23.2 Å². The van der Waals surface area contributed by atoms with Crippen LogP contribution in [0.2, 0.25) is 0 Å². The van der Waals surface area contributed by atoms with Gasteiger partial charge in [-0.2, -0.15) is 0 Å². The van der Waals surface area contributed by atoms with Crippen molar-refractivity contribution in [3.05, 3.63) is 29.8 Å². The molecule has 108 valence electrons. The molecule has 0 saturated heterocycles. The smallest absolute Gasteiger partial charge is 0.207 e. The summed E-state index contributed by atoms with van der Waals surface area (Å²) in [5.41, 5.74) is 0.281. The second-order valence-corrected chi connectivity index (χ2v) is 7.04. The Balaban J connectivity index is 2.94. The number of rotatable bonds is 7. The van der Waals surface area contributed by atoms with Crippen molar-refractivity contribution in [3.63, 3.8) is 0 Å². The quantitative estimate of drug-likeness (QED) is 0.783. The minimum atomic E-state index is -3.59. The summed E-state index contributed by atoms with van der Waals surface area (Å²) in [4.78, 5) is 0.230. The molecule has 0 radical (unpaired) electrons. The third kappa shape index (κ3) is 4.63. The fourth-order valence-electron chi connectivity index (χ4n) is 1.60. The van der Waals surface area contributed by atoms with Crippen LogP contribution in [-0.4, -0.2) is 25.7 Å². The molecule has 0 unspecified atom stereocenters. The first-order valence-corrected chi connectivity index (χ1v) is 8.67. The Bertz CT molecular complexity index is 496. The van der Waals surface area contributed by atoms with Gasteiger partial charge in [0, 0.05) is 11.8 Å². The maximum absolute atomic E-state index is 12.2. The highest BCUT2D eigenvalue weighted by atomic mass is 35.5. The van der Waals surface area contributed by atoms with Gasteiger partial charge in [-0.3, -0.25) is 0 Å². The van der Waals surface area contributed by atoms with Crippen LogP contribution in [0.5, 0.6) is 0 Å². The maximum Gasteiger partial charge on any atom is 0.241 e. The lowest BCUT2D eigenvalue weighted by atomic mass is 10.1. The highest BCUT2D eigenvalue weighted by molar-refractivity contribution is 7.89. The van der Waals surface area contributed by atoms with E-state index in [2.05, 4.69) is 11.6 Å². The van der Waals surface area contributed by atoms with Crippen LogP contribution >= 0.6 is 23.2 Å². The molecule has 1 N–H and O–H groups in total. The number of aryl methyl sites for hydroxylation is 1. The zero-order valence-corrected chi connectivity index (χ0v) is 13.4. The monoisotopic (exact) mass is 323 g/mol. The average Bonchev–Trinajstić information content (AvgIpc) is 2.39. The minimum Gasteiger partial charge on any atom is -0.207 e. The van der Waals surface area contributed by atoms with E-state index in [1.807, 2.05) is 12.1 Å². The van der Waals surface area contributed by atoms with Crippen LogP contribution < -0.4 is 4.72 Å². The molecule has 0 aromatic heterocycles. The SMILES string of the molecule is CCCc1ccc(S(=O)(=O)NC(C)(CCl)CCl)cc1. The molecular weight excluding hydrogens is 305 g/mol. The van der Waals surface area contributed by atoms with Crippen LogP contribution in [0.3, 0.4) is 0 Å². The summed E-state index contributed by atoms with van der Waals surface area (Å²) < 4.78 is 27.0. The molecule has 0 atom stereocenters. The van der Waals surface area contributed by atoms with Crippen LogP contribution in [0.1, 0.15) is 25.8 Å². The molecule has 1 aromatic rings. The number of benzene rings is 1. The van der Waals surface area contributed by atoms with E-state index in [9.17, 15) is 8.42 Å². The molecule has 3 nitrogen and oxygen atoms in total. The summed E-state index contributed by atoms with van der Waals surface area (Å²) >= 11 is 11.5. The molecule has 0 spiro atoms. The van der Waals surface area contributed by atoms with E-state index in [1.165, 1.54) is 0 Å². The zero-order chi connectivity index (χ0) is 14.5. The molecule has 0 aliphatic heterocycles. The first-order valence-electron chi connectivity index (χ1n) is 6.12. The third-order valence-electron chi connectivity index (χ3n) is 2.74. The standard InChI is InChI=1S/C13H19Cl2NO2S/c1-3-4-11-5-7-12(8-6-11)19(17,18)16-13(2,9-14)10-15/h5-8,16H,3-4,9-10H2,1-2H3. The van der Waals surface area contributed by atoms with Crippen molar-refractivity contribution in [2.75, 3.05) is 11.8 Å². The third-order valence-corrected chi connectivity index (χ3v) is 5.58. The summed E-state index contributed by atoms with van der Waals surface area (Å²) in [5, 5.41) is 0. The van der Waals surface area contributed by atoms with Crippen molar-refractivity contribution in [1.29, 1.82) is 0 Å². The fraction of sp³-hybridized carbons (Fsp3) is 0.538. The molecule has 6 heteroatoms. The Morgan fingerprint density at radius 1 is 1.16 bits per heavy atom. The lowest BCUT2D eigenvalue weighted by molar-refractivity contribution is 0.500. The van der Waals surface area contributed by atoms with Gasteiger partial charge < -0.3 is 0 Å². The molecule has 19 heavy (non-hydrogen) atoms. The van der Waals surface area contributed by atoms with Crippen molar-refractivity contribution < 1.29 is 8.42 Å². The lowest BCUT2D eigenvalue weighted by Gasteiger charge is -2.25. The Morgan fingerprint density at radius 3 is 2.11 bits per heavy atom. The fourth-order valence-corrected chi connectivity index (χ4v) is 3.58. The van der Waals surface area contributed by atoms with E-state index in [-0.39, 0.29) is 16.7 Å². The number of sulfonamides is 1. The Morgan fingerprint density at radius 2 is 1.68 bits per heavy atom. The van der Waals surface area contributed by atoms with Gasteiger partial charge in [-0.1, -0.05) is 25.5 Å². The van der Waals surface area contributed by atoms with Gasteiger partial charge in [-0.25, -0.2) is 13.1 Å². The van der Waals surface area contributed by atoms with E-state index in [1.54, 1.807) is 19.1 Å². The van der Waals surface area contributed by atoms with Crippen molar-refractivity contribution in [2.45, 2.75) is 37.1 Å². The van der Waals surface area contributed by atoms with Gasteiger partial charge >= 0.3 is 0 Å².